The molecule has 1 aromatic rings. The summed E-state index contributed by atoms with van der Waals surface area (Å²) in [6, 6.07) is 5.55. The van der Waals surface area contributed by atoms with Crippen molar-refractivity contribution in [1.29, 1.82) is 0 Å². The monoisotopic (exact) mass is 249 g/mol. The molecule has 1 atom stereocenters. The van der Waals surface area contributed by atoms with Gasteiger partial charge >= 0.3 is 5.97 Å². The van der Waals surface area contributed by atoms with E-state index < -0.39 is 12.3 Å². The van der Waals surface area contributed by atoms with Crippen molar-refractivity contribution in [3.8, 4) is 5.75 Å². The third kappa shape index (κ3) is 2.17. The number of aliphatic hydroxyl groups is 1. The molecule has 0 saturated carbocycles. The predicted octanol–water partition coefficient (Wildman–Crippen LogP) is 1.02. The lowest BCUT2D eigenvalue weighted by atomic mass is 10.1. The van der Waals surface area contributed by atoms with Crippen molar-refractivity contribution in [3.05, 3.63) is 29.3 Å². The Labute approximate surface area is 105 Å². The van der Waals surface area contributed by atoms with Gasteiger partial charge in [-0.1, -0.05) is 0 Å². The number of nitrogens with zero attached hydrogens (tertiary/aromatic N) is 1. The molecule has 5 heteroatoms. The molecular weight excluding hydrogens is 234 g/mol. The van der Waals surface area contributed by atoms with Crippen LogP contribution in [0.4, 0.5) is 5.69 Å². The fourth-order valence-corrected chi connectivity index (χ4v) is 1.72. The highest BCUT2D eigenvalue weighted by Crippen LogP contribution is 2.32. The van der Waals surface area contributed by atoms with Gasteiger partial charge in [-0.15, -0.1) is 0 Å². The summed E-state index contributed by atoms with van der Waals surface area (Å²) in [7, 11) is 5.09. The second-order valence-corrected chi connectivity index (χ2v) is 4.18. The smallest absolute Gasteiger partial charge is 0.340 e. The van der Waals surface area contributed by atoms with Crippen LogP contribution in [0.2, 0.25) is 0 Å². The zero-order valence-corrected chi connectivity index (χ0v) is 10.5. The van der Waals surface area contributed by atoms with Crippen LogP contribution in [-0.2, 0) is 9.53 Å². The van der Waals surface area contributed by atoms with E-state index in [1.807, 2.05) is 37.2 Å². The quantitative estimate of drug-likeness (QED) is 0.793. The third-order valence-electron chi connectivity index (χ3n) is 2.75. The first-order valence-corrected chi connectivity index (χ1v) is 5.49. The van der Waals surface area contributed by atoms with E-state index in [0.717, 1.165) is 11.3 Å². The van der Waals surface area contributed by atoms with Gasteiger partial charge in [0.2, 0.25) is 6.29 Å². The van der Waals surface area contributed by atoms with E-state index in [9.17, 15) is 9.90 Å². The molecule has 0 aromatic heterocycles. The standard InChI is InChI=1S/C13H15NO4/c1-14(2)9-5-4-8-6-10(12(15)17-3)13(16)18-11(8)7-9/h4-7,13,16H,1-3H3. The molecule has 1 heterocycles. The summed E-state index contributed by atoms with van der Waals surface area (Å²) in [5, 5.41) is 9.74. The summed E-state index contributed by atoms with van der Waals surface area (Å²) < 4.78 is 9.90. The molecule has 0 aliphatic carbocycles. The first-order chi connectivity index (χ1) is 8.52. The Morgan fingerprint density at radius 1 is 1.44 bits per heavy atom. The van der Waals surface area contributed by atoms with Gasteiger partial charge in [0.15, 0.2) is 0 Å². The lowest BCUT2D eigenvalue weighted by Gasteiger charge is -2.23. The van der Waals surface area contributed by atoms with Crippen molar-refractivity contribution in [3.63, 3.8) is 0 Å². The minimum atomic E-state index is -1.29. The SMILES string of the molecule is COC(=O)C1=Cc2ccc(N(C)C)cc2OC1O. The Morgan fingerprint density at radius 3 is 2.78 bits per heavy atom. The number of methoxy groups -OCH3 is 1. The molecule has 0 saturated heterocycles. The minimum absolute atomic E-state index is 0.0996. The van der Waals surface area contributed by atoms with Crippen LogP contribution in [0.1, 0.15) is 5.56 Å². The number of esters is 1. The molecule has 96 valence electrons. The number of anilines is 1. The molecule has 0 spiro atoms. The summed E-state index contributed by atoms with van der Waals surface area (Å²) in [6.45, 7) is 0. The second-order valence-electron chi connectivity index (χ2n) is 4.18. The highest BCUT2D eigenvalue weighted by atomic mass is 16.6. The maximum Gasteiger partial charge on any atom is 0.340 e. The number of rotatable bonds is 2. The van der Waals surface area contributed by atoms with Gasteiger partial charge in [0.25, 0.3) is 0 Å². The number of ether oxygens (including phenoxy) is 2. The first kappa shape index (κ1) is 12.4. The largest absolute Gasteiger partial charge is 0.465 e. The van der Waals surface area contributed by atoms with Gasteiger partial charge in [-0.2, -0.15) is 0 Å². The molecule has 2 rings (SSSR count). The Morgan fingerprint density at radius 2 is 2.17 bits per heavy atom. The van der Waals surface area contributed by atoms with Crippen molar-refractivity contribution < 1.29 is 19.4 Å². The zero-order valence-electron chi connectivity index (χ0n) is 10.5. The molecule has 0 amide bonds. The maximum atomic E-state index is 11.4. The molecule has 0 radical (unpaired) electrons. The summed E-state index contributed by atoms with van der Waals surface area (Å²) in [4.78, 5) is 13.3. The van der Waals surface area contributed by atoms with E-state index in [1.165, 1.54) is 7.11 Å². The van der Waals surface area contributed by atoms with Gasteiger partial charge in [0, 0.05) is 31.4 Å². The highest BCUT2D eigenvalue weighted by Gasteiger charge is 2.26. The van der Waals surface area contributed by atoms with Gasteiger partial charge in [-0.05, 0) is 18.2 Å². The van der Waals surface area contributed by atoms with E-state index in [2.05, 4.69) is 4.74 Å². The molecule has 5 nitrogen and oxygen atoms in total. The topological polar surface area (TPSA) is 59.0 Å². The van der Waals surface area contributed by atoms with Crippen molar-refractivity contribution in [2.75, 3.05) is 26.1 Å². The van der Waals surface area contributed by atoms with Crippen LogP contribution in [0.3, 0.4) is 0 Å². The number of carbonyl (C=O) groups is 1. The van der Waals surface area contributed by atoms with Gasteiger partial charge in [-0.25, -0.2) is 4.79 Å². The molecular formula is C13H15NO4. The normalized spacial score (nSPS) is 17.3. The average Bonchev–Trinajstić information content (AvgIpc) is 2.36. The Hall–Kier alpha value is -2.01. The van der Waals surface area contributed by atoms with Crippen molar-refractivity contribution in [1.82, 2.24) is 0 Å². The van der Waals surface area contributed by atoms with E-state index in [0.29, 0.717) is 5.75 Å². The molecule has 1 unspecified atom stereocenters. The van der Waals surface area contributed by atoms with Crippen LogP contribution >= 0.6 is 0 Å². The van der Waals surface area contributed by atoms with Crippen LogP contribution in [0.15, 0.2) is 23.8 Å². The molecule has 1 aromatic carbocycles. The number of carbonyl (C=O) groups excluding carboxylic acids is 1. The molecule has 0 fully saturated rings. The van der Waals surface area contributed by atoms with E-state index in [-0.39, 0.29) is 5.57 Å². The number of benzene rings is 1. The Bertz CT molecular complexity index is 508. The number of fused-ring (bicyclic) bond motifs is 1. The molecule has 1 aliphatic rings. The van der Waals surface area contributed by atoms with Gasteiger partial charge in [0.1, 0.15) is 11.3 Å². The molecule has 0 bridgehead atoms. The summed E-state index contributed by atoms with van der Waals surface area (Å²) in [5.41, 5.74) is 1.80. The fraction of sp³-hybridized carbons (Fsp3) is 0.308. The lowest BCUT2D eigenvalue weighted by molar-refractivity contribution is -0.139. The van der Waals surface area contributed by atoms with Gasteiger partial charge in [0.05, 0.1) is 7.11 Å². The second kappa shape index (κ2) is 4.70. The van der Waals surface area contributed by atoms with Crippen LogP contribution in [0.5, 0.6) is 5.75 Å². The van der Waals surface area contributed by atoms with Crippen molar-refractivity contribution in [2.45, 2.75) is 6.29 Å². The predicted molar refractivity (Wildman–Crippen MR) is 67.4 cm³/mol. The average molecular weight is 249 g/mol. The van der Waals surface area contributed by atoms with E-state index >= 15 is 0 Å². The fourth-order valence-electron chi connectivity index (χ4n) is 1.72. The summed E-state index contributed by atoms with van der Waals surface area (Å²) in [5.74, 6) is -0.0498. The van der Waals surface area contributed by atoms with Crippen molar-refractivity contribution >= 4 is 17.7 Å². The van der Waals surface area contributed by atoms with Gasteiger partial charge in [-0.3, -0.25) is 0 Å². The maximum absolute atomic E-state index is 11.4. The van der Waals surface area contributed by atoms with Crippen LogP contribution < -0.4 is 9.64 Å². The minimum Gasteiger partial charge on any atom is -0.465 e. The van der Waals surface area contributed by atoms with E-state index in [1.54, 1.807) is 6.08 Å². The van der Waals surface area contributed by atoms with Crippen LogP contribution in [0.25, 0.3) is 6.08 Å². The Balaban J connectivity index is 2.41. The highest BCUT2D eigenvalue weighted by molar-refractivity contribution is 5.95. The van der Waals surface area contributed by atoms with E-state index in [4.69, 9.17) is 4.74 Å². The molecule has 18 heavy (non-hydrogen) atoms. The summed E-state index contributed by atoms with van der Waals surface area (Å²) in [6.07, 6.45) is 0.289. The third-order valence-corrected chi connectivity index (χ3v) is 2.75. The number of hydrogen-bond donors (Lipinski definition) is 1. The lowest BCUT2D eigenvalue weighted by Crippen LogP contribution is -2.27. The number of hydrogen-bond acceptors (Lipinski definition) is 5. The Kier molecular flexibility index (Phi) is 3.25. The van der Waals surface area contributed by atoms with Gasteiger partial charge < -0.3 is 19.5 Å². The first-order valence-electron chi connectivity index (χ1n) is 5.49. The molecule has 1 aliphatic heterocycles. The van der Waals surface area contributed by atoms with Crippen LogP contribution in [0, 0.1) is 0 Å². The van der Waals surface area contributed by atoms with Crippen molar-refractivity contribution in [2.24, 2.45) is 0 Å². The summed E-state index contributed by atoms with van der Waals surface area (Å²) >= 11 is 0. The number of aliphatic hydroxyl groups excluding tert-OH is 1. The van der Waals surface area contributed by atoms with Crippen LogP contribution in [-0.4, -0.2) is 38.6 Å². The molecule has 1 N–H and O–H groups in total. The zero-order chi connectivity index (χ0) is 13.3.